The van der Waals surface area contributed by atoms with Crippen molar-refractivity contribution in [2.45, 2.75) is 17.7 Å². The van der Waals surface area contributed by atoms with E-state index in [1.165, 1.54) is 11.3 Å². The molecule has 0 N–H and O–H groups in total. The number of ether oxygens (including phenoxy) is 1. The van der Waals surface area contributed by atoms with Crippen molar-refractivity contribution in [2.24, 2.45) is 0 Å². The smallest absolute Gasteiger partial charge is 0.119 e. The number of thioether (sulfide) groups is 1. The summed E-state index contributed by atoms with van der Waals surface area (Å²) in [5, 5.41) is 0. The van der Waals surface area contributed by atoms with Crippen LogP contribution in [0.2, 0.25) is 0 Å². The molecule has 0 heterocycles. The second-order valence-electron chi connectivity index (χ2n) is 4.03. The van der Waals surface area contributed by atoms with Gasteiger partial charge in [-0.1, -0.05) is 36.4 Å². The number of hydrogen-bond acceptors (Lipinski definition) is 2. The molecule has 0 fully saturated rings. The highest BCUT2D eigenvalue weighted by molar-refractivity contribution is 7.99. The Morgan fingerprint density at radius 2 is 1.44 bits per heavy atom. The first-order chi connectivity index (χ1) is 8.95. The van der Waals surface area contributed by atoms with Crippen LogP contribution in [0.15, 0.2) is 65.6 Å². The van der Waals surface area contributed by atoms with Crippen LogP contribution in [0.5, 0.6) is 5.75 Å². The quantitative estimate of drug-likeness (QED) is 0.528. The Morgan fingerprint density at radius 3 is 2.17 bits per heavy atom. The highest BCUT2D eigenvalue weighted by atomic mass is 32.2. The van der Waals surface area contributed by atoms with Gasteiger partial charge in [0, 0.05) is 4.90 Å². The lowest BCUT2D eigenvalue weighted by atomic mass is 10.3. The molecule has 0 unspecified atom stereocenters. The Balaban J connectivity index is 1.54. The van der Waals surface area contributed by atoms with E-state index in [0.29, 0.717) is 0 Å². The maximum Gasteiger partial charge on any atom is 0.119 e. The van der Waals surface area contributed by atoms with E-state index in [1.54, 1.807) is 0 Å². The van der Waals surface area contributed by atoms with Gasteiger partial charge < -0.3 is 4.74 Å². The minimum absolute atomic E-state index is 0.805. The molecule has 94 valence electrons. The van der Waals surface area contributed by atoms with Crippen LogP contribution in [0.3, 0.4) is 0 Å². The van der Waals surface area contributed by atoms with Gasteiger partial charge in [0.05, 0.1) is 6.61 Å². The standard InChI is InChI=1S/C16H18OS/c1-3-9-15(10-4-1)17-13-7-8-14-18-16-11-5-2-6-12-16/h1-6,9-12H,7-8,13-14H2. The van der Waals surface area contributed by atoms with Crippen molar-refractivity contribution in [1.29, 1.82) is 0 Å². The molecular formula is C16H18OS. The van der Waals surface area contributed by atoms with Gasteiger partial charge in [0.15, 0.2) is 0 Å². The van der Waals surface area contributed by atoms with Gasteiger partial charge in [-0.2, -0.15) is 0 Å². The summed E-state index contributed by atoms with van der Waals surface area (Å²) in [6.07, 6.45) is 2.29. The van der Waals surface area contributed by atoms with E-state index in [9.17, 15) is 0 Å². The number of hydrogen-bond donors (Lipinski definition) is 0. The van der Waals surface area contributed by atoms with Gasteiger partial charge >= 0.3 is 0 Å². The molecule has 0 amide bonds. The average Bonchev–Trinajstić information content (AvgIpc) is 2.45. The molecule has 0 radical (unpaired) electrons. The number of rotatable bonds is 7. The number of para-hydroxylation sites is 1. The van der Waals surface area contributed by atoms with Crippen molar-refractivity contribution in [3.63, 3.8) is 0 Å². The van der Waals surface area contributed by atoms with Crippen LogP contribution in [-0.2, 0) is 0 Å². The molecule has 2 heteroatoms. The highest BCUT2D eigenvalue weighted by Crippen LogP contribution is 2.18. The SMILES string of the molecule is c1ccc(OCCCCSc2ccccc2)cc1. The largest absolute Gasteiger partial charge is 0.494 e. The third kappa shape index (κ3) is 4.84. The van der Waals surface area contributed by atoms with Crippen LogP contribution in [-0.4, -0.2) is 12.4 Å². The van der Waals surface area contributed by atoms with Crippen molar-refractivity contribution in [3.8, 4) is 5.75 Å². The zero-order valence-corrected chi connectivity index (χ0v) is 11.2. The number of unbranched alkanes of at least 4 members (excludes halogenated alkanes) is 1. The molecule has 2 aromatic rings. The van der Waals surface area contributed by atoms with Crippen molar-refractivity contribution in [1.82, 2.24) is 0 Å². The van der Waals surface area contributed by atoms with Gasteiger partial charge in [0.2, 0.25) is 0 Å². The lowest BCUT2D eigenvalue weighted by Gasteiger charge is -2.05. The van der Waals surface area contributed by atoms with Crippen LogP contribution in [0.25, 0.3) is 0 Å². The third-order valence-corrected chi connectivity index (χ3v) is 3.66. The van der Waals surface area contributed by atoms with Crippen LogP contribution in [0.4, 0.5) is 0 Å². The summed E-state index contributed by atoms with van der Waals surface area (Å²) in [5.74, 6) is 2.12. The second kappa shape index (κ2) is 7.83. The monoisotopic (exact) mass is 258 g/mol. The molecule has 0 saturated carbocycles. The fourth-order valence-corrected chi connectivity index (χ4v) is 2.55. The number of benzene rings is 2. The van der Waals surface area contributed by atoms with Crippen LogP contribution in [0.1, 0.15) is 12.8 Å². The zero-order valence-electron chi connectivity index (χ0n) is 10.4. The normalized spacial score (nSPS) is 10.2. The second-order valence-corrected chi connectivity index (χ2v) is 5.20. The van der Waals surface area contributed by atoms with E-state index in [2.05, 4.69) is 30.3 Å². The highest BCUT2D eigenvalue weighted by Gasteiger charge is 1.94. The van der Waals surface area contributed by atoms with E-state index in [1.807, 2.05) is 42.1 Å². The average molecular weight is 258 g/mol. The van der Waals surface area contributed by atoms with Crippen LogP contribution in [0, 0.1) is 0 Å². The molecule has 0 saturated heterocycles. The molecule has 1 nitrogen and oxygen atoms in total. The zero-order chi connectivity index (χ0) is 12.5. The van der Waals surface area contributed by atoms with Crippen LogP contribution < -0.4 is 4.74 Å². The molecule has 0 aliphatic heterocycles. The van der Waals surface area contributed by atoms with Crippen molar-refractivity contribution in [3.05, 3.63) is 60.7 Å². The summed E-state index contributed by atoms with van der Waals surface area (Å²) in [7, 11) is 0. The van der Waals surface area contributed by atoms with E-state index >= 15 is 0 Å². The molecule has 2 aromatic carbocycles. The summed E-state index contributed by atoms with van der Waals surface area (Å²) < 4.78 is 5.65. The lowest BCUT2D eigenvalue weighted by molar-refractivity contribution is 0.310. The Kier molecular flexibility index (Phi) is 5.67. The van der Waals surface area contributed by atoms with E-state index < -0.39 is 0 Å². The summed E-state index contributed by atoms with van der Waals surface area (Å²) in [6.45, 7) is 0.805. The van der Waals surface area contributed by atoms with E-state index in [4.69, 9.17) is 4.74 Å². The minimum atomic E-state index is 0.805. The van der Waals surface area contributed by atoms with E-state index in [-0.39, 0.29) is 0 Å². The van der Waals surface area contributed by atoms with Gasteiger partial charge in [-0.15, -0.1) is 11.8 Å². The Labute approximate surface area is 113 Å². The van der Waals surface area contributed by atoms with Crippen molar-refractivity contribution >= 4 is 11.8 Å². The van der Waals surface area contributed by atoms with Gasteiger partial charge in [0.1, 0.15) is 5.75 Å². The first-order valence-electron chi connectivity index (χ1n) is 6.31. The molecule has 2 rings (SSSR count). The van der Waals surface area contributed by atoms with Crippen molar-refractivity contribution < 1.29 is 4.74 Å². The Hall–Kier alpha value is -1.41. The molecule has 0 spiro atoms. The predicted molar refractivity (Wildman–Crippen MR) is 78.3 cm³/mol. The molecule has 18 heavy (non-hydrogen) atoms. The fraction of sp³-hybridized carbons (Fsp3) is 0.250. The first-order valence-corrected chi connectivity index (χ1v) is 7.29. The Bertz CT molecular complexity index is 384. The Morgan fingerprint density at radius 1 is 0.778 bits per heavy atom. The molecule has 0 atom stereocenters. The fourth-order valence-electron chi connectivity index (χ4n) is 1.62. The molecule has 0 aromatic heterocycles. The molecule has 0 aliphatic rings. The topological polar surface area (TPSA) is 9.23 Å². The summed E-state index contributed by atoms with van der Waals surface area (Å²) in [5.41, 5.74) is 0. The maximum atomic E-state index is 5.65. The van der Waals surface area contributed by atoms with Gasteiger partial charge in [-0.25, -0.2) is 0 Å². The minimum Gasteiger partial charge on any atom is -0.494 e. The van der Waals surface area contributed by atoms with E-state index in [0.717, 1.165) is 24.5 Å². The van der Waals surface area contributed by atoms with Gasteiger partial charge in [0.25, 0.3) is 0 Å². The van der Waals surface area contributed by atoms with Crippen molar-refractivity contribution in [2.75, 3.05) is 12.4 Å². The predicted octanol–water partition coefficient (Wildman–Crippen LogP) is 4.64. The first kappa shape index (κ1) is 13.0. The third-order valence-electron chi connectivity index (χ3n) is 2.56. The van der Waals surface area contributed by atoms with Gasteiger partial charge in [-0.05, 0) is 42.9 Å². The maximum absolute atomic E-state index is 5.65. The lowest BCUT2D eigenvalue weighted by Crippen LogP contribution is -1.97. The summed E-state index contributed by atoms with van der Waals surface area (Å²) in [4.78, 5) is 1.35. The molecular weight excluding hydrogens is 240 g/mol. The molecule has 0 bridgehead atoms. The molecule has 0 aliphatic carbocycles. The van der Waals surface area contributed by atoms with Crippen LogP contribution >= 0.6 is 11.8 Å². The van der Waals surface area contributed by atoms with Gasteiger partial charge in [-0.3, -0.25) is 0 Å². The summed E-state index contributed by atoms with van der Waals surface area (Å²) in [6, 6.07) is 20.5. The summed E-state index contributed by atoms with van der Waals surface area (Å²) >= 11 is 1.91.